The van der Waals surface area contributed by atoms with Crippen molar-refractivity contribution < 1.29 is 18.4 Å². The molecule has 10 heteroatoms. The van der Waals surface area contributed by atoms with Crippen LogP contribution >= 0.6 is 0 Å². The van der Waals surface area contributed by atoms with Crippen molar-refractivity contribution in [2.24, 2.45) is 11.1 Å². The van der Waals surface area contributed by atoms with Crippen LogP contribution in [0.4, 0.5) is 20.4 Å². The van der Waals surface area contributed by atoms with Gasteiger partial charge in [0, 0.05) is 83.2 Å². The van der Waals surface area contributed by atoms with Crippen molar-refractivity contribution in [3.63, 3.8) is 0 Å². The molecule has 4 heterocycles. The predicted octanol–water partition coefficient (Wildman–Crippen LogP) is 4.80. The van der Waals surface area contributed by atoms with Gasteiger partial charge in [-0.15, -0.1) is 0 Å². The second kappa shape index (κ2) is 13.7. The molecule has 2 aromatic rings. The Bertz CT molecular complexity index is 1200. The molecule has 0 aliphatic carbocycles. The smallest absolute Gasteiger partial charge is 0.225 e. The van der Waals surface area contributed by atoms with Gasteiger partial charge in [-0.1, -0.05) is 12.1 Å². The number of aromatic nitrogens is 2. The number of hydrogen-bond donors (Lipinski definition) is 0. The number of hydrogen-bond acceptors (Lipinski definition) is 8. The average Bonchev–Trinajstić information content (AvgIpc) is 2.99. The summed E-state index contributed by atoms with van der Waals surface area (Å²) < 4.78 is 30.0. The Balaban J connectivity index is 1.07. The molecular formula is C31H42F2N6O2. The molecule has 1 aromatic heterocycles. The number of rotatable bonds is 9. The standard InChI is InChI=1S/C31H42F2N6O2/c1-3-22-20-34-31(35-21-22)39-14-8-27(9-15-39)41-36-25-6-12-38(13-7-25)30-19-28(32)24(18-29(30)33)17-26(40)16-23-4-10-37(2)11-5-23/h18-21,23,27H,3-17H2,1-2H3. The van der Waals surface area contributed by atoms with Gasteiger partial charge in [0.25, 0.3) is 0 Å². The minimum atomic E-state index is -0.515. The maximum Gasteiger partial charge on any atom is 0.225 e. The predicted molar refractivity (Wildman–Crippen MR) is 157 cm³/mol. The lowest BCUT2D eigenvalue weighted by Crippen LogP contribution is -2.38. The van der Waals surface area contributed by atoms with E-state index in [0.29, 0.717) is 38.3 Å². The van der Waals surface area contributed by atoms with Crippen molar-refractivity contribution >= 4 is 23.1 Å². The summed E-state index contributed by atoms with van der Waals surface area (Å²) in [4.78, 5) is 33.7. The zero-order valence-corrected chi connectivity index (χ0v) is 24.3. The van der Waals surface area contributed by atoms with Crippen LogP contribution in [0.15, 0.2) is 29.7 Å². The number of aryl methyl sites for hydroxylation is 1. The molecule has 0 bridgehead atoms. The highest BCUT2D eigenvalue weighted by molar-refractivity contribution is 5.86. The van der Waals surface area contributed by atoms with Crippen LogP contribution in [-0.4, -0.2) is 78.8 Å². The number of carbonyl (C=O) groups excluding carboxylic acids is 1. The molecule has 3 saturated heterocycles. The number of piperidine rings is 3. The van der Waals surface area contributed by atoms with E-state index in [-0.39, 0.29) is 29.6 Å². The van der Waals surface area contributed by atoms with E-state index in [2.05, 4.69) is 38.9 Å². The van der Waals surface area contributed by atoms with Crippen molar-refractivity contribution in [1.82, 2.24) is 14.9 Å². The molecule has 1 aromatic carbocycles. The number of halogens is 2. The summed E-state index contributed by atoms with van der Waals surface area (Å²) in [5.41, 5.74) is 2.46. The molecule has 222 valence electrons. The summed E-state index contributed by atoms with van der Waals surface area (Å²) in [7, 11) is 2.08. The van der Waals surface area contributed by atoms with Gasteiger partial charge in [0.1, 0.15) is 23.5 Å². The second-order valence-corrected chi connectivity index (χ2v) is 11.7. The van der Waals surface area contributed by atoms with E-state index in [0.717, 1.165) is 75.5 Å². The lowest BCUT2D eigenvalue weighted by molar-refractivity contribution is -0.119. The van der Waals surface area contributed by atoms with Crippen LogP contribution in [0.2, 0.25) is 0 Å². The molecule has 0 saturated carbocycles. The minimum Gasteiger partial charge on any atom is -0.392 e. The van der Waals surface area contributed by atoms with Gasteiger partial charge in [0.2, 0.25) is 5.95 Å². The Morgan fingerprint density at radius 1 is 0.951 bits per heavy atom. The Morgan fingerprint density at radius 2 is 1.63 bits per heavy atom. The Hall–Kier alpha value is -3.14. The largest absolute Gasteiger partial charge is 0.392 e. The molecule has 41 heavy (non-hydrogen) atoms. The molecule has 0 radical (unpaired) electrons. The topological polar surface area (TPSA) is 74.2 Å². The van der Waals surface area contributed by atoms with Gasteiger partial charge in [-0.3, -0.25) is 4.79 Å². The molecule has 0 atom stereocenters. The number of ketones is 1. The first-order chi connectivity index (χ1) is 19.9. The summed E-state index contributed by atoms with van der Waals surface area (Å²) in [6, 6.07) is 2.46. The highest BCUT2D eigenvalue weighted by Crippen LogP contribution is 2.28. The van der Waals surface area contributed by atoms with Gasteiger partial charge in [-0.2, -0.15) is 0 Å². The molecule has 8 nitrogen and oxygen atoms in total. The van der Waals surface area contributed by atoms with Gasteiger partial charge in [-0.05, 0) is 62.5 Å². The van der Waals surface area contributed by atoms with Gasteiger partial charge in [0.05, 0.1) is 11.4 Å². The number of carbonyl (C=O) groups is 1. The lowest BCUT2D eigenvalue weighted by Gasteiger charge is -2.32. The van der Waals surface area contributed by atoms with Gasteiger partial charge in [0.15, 0.2) is 0 Å². The first-order valence-electron chi connectivity index (χ1n) is 15.1. The average molecular weight is 569 g/mol. The van der Waals surface area contributed by atoms with Gasteiger partial charge < -0.3 is 19.5 Å². The van der Waals surface area contributed by atoms with E-state index < -0.39 is 11.6 Å². The van der Waals surface area contributed by atoms with E-state index in [1.54, 1.807) is 0 Å². The van der Waals surface area contributed by atoms with Crippen LogP contribution in [0.3, 0.4) is 0 Å². The lowest BCUT2D eigenvalue weighted by atomic mass is 9.90. The maximum atomic E-state index is 15.1. The van der Waals surface area contributed by atoms with Crippen molar-refractivity contribution in [1.29, 1.82) is 0 Å². The monoisotopic (exact) mass is 568 g/mol. The number of likely N-dealkylation sites (tertiary alicyclic amines) is 1. The third-order valence-electron chi connectivity index (χ3n) is 8.69. The molecule has 5 rings (SSSR count). The Morgan fingerprint density at radius 3 is 2.29 bits per heavy atom. The van der Waals surface area contributed by atoms with Crippen LogP contribution < -0.4 is 9.80 Å². The van der Waals surface area contributed by atoms with Crippen molar-refractivity contribution in [3.8, 4) is 0 Å². The van der Waals surface area contributed by atoms with Crippen molar-refractivity contribution in [2.45, 2.75) is 70.8 Å². The van der Waals surface area contributed by atoms with E-state index >= 15 is 4.39 Å². The quantitative estimate of drug-likeness (QED) is 0.402. The van der Waals surface area contributed by atoms with E-state index in [4.69, 9.17) is 4.84 Å². The zero-order valence-electron chi connectivity index (χ0n) is 24.3. The summed E-state index contributed by atoms with van der Waals surface area (Å²) in [5, 5.41) is 4.43. The summed E-state index contributed by atoms with van der Waals surface area (Å²) >= 11 is 0. The fraction of sp³-hybridized carbons (Fsp3) is 0.613. The first kappa shape index (κ1) is 29.4. The third kappa shape index (κ3) is 7.78. The maximum absolute atomic E-state index is 15.1. The van der Waals surface area contributed by atoms with E-state index in [1.807, 2.05) is 17.3 Å². The second-order valence-electron chi connectivity index (χ2n) is 11.7. The highest BCUT2D eigenvalue weighted by atomic mass is 19.1. The Labute approximate surface area is 241 Å². The molecule has 3 aliphatic rings. The van der Waals surface area contributed by atoms with E-state index in [1.165, 1.54) is 12.1 Å². The molecule has 0 amide bonds. The molecular weight excluding hydrogens is 526 g/mol. The van der Waals surface area contributed by atoms with E-state index in [9.17, 15) is 9.18 Å². The molecule has 3 fully saturated rings. The zero-order chi connectivity index (χ0) is 28.8. The molecule has 3 aliphatic heterocycles. The number of benzene rings is 1. The third-order valence-corrected chi connectivity index (χ3v) is 8.69. The fourth-order valence-electron chi connectivity index (χ4n) is 5.93. The van der Waals surface area contributed by atoms with Crippen LogP contribution in [0.1, 0.15) is 63.0 Å². The van der Waals surface area contributed by atoms with Crippen molar-refractivity contribution in [3.05, 3.63) is 47.3 Å². The Kier molecular flexibility index (Phi) is 9.80. The van der Waals surface area contributed by atoms with Gasteiger partial charge >= 0.3 is 0 Å². The SMILES string of the molecule is CCc1cnc(N2CCC(ON=C3CCN(c4cc(F)c(CC(=O)CC5CCN(C)CC5)cc4F)CC3)CC2)nc1. The van der Waals surface area contributed by atoms with Crippen LogP contribution in [0.25, 0.3) is 0 Å². The summed E-state index contributed by atoms with van der Waals surface area (Å²) in [6.45, 7) is 6.76. The number of nitrogens with zero attached hydrogens (tertiary/aromatic N) is 6. The van der Waals surface area contributed by atoms with Crippen molar-refractivity contribution in [2.75, 3.05) is 56.1 Å². The molecule has 0 spiro atoms. The normalized spacial score (nSPS) is 19.5. The minimum absolute atomic E-state index is 0.0194. The summed E-state index contributed by atoms with van der Waals surface area (Å²) in [6.07, 6.45) is 10.0. The van der Waals surface area contributed by atoms with Crippen LogP contribution in [0, 0.1) is 17.6 Å². The number of anilines is 2. The van der Waals surface area contributed by atoms with Crippen LogP contribution in [0.5, 0.6) is 0 Å². The first-order valence-corrected chi connectivity index (χ1v) is 15.1. The number of oxime groups is 1. The molecule has 0 unspecified atom stereocenters. The fourth-order valence-corrected chi connectivity index (χ4v) is 5.93. The van der Waals surface area contributed by atoms with Crippen LogP contribution in [-0.2, 0) is 22.5 Å². The molecule has 0 N–H and O–H groups in total. The van der Waals surface area contributed by atoms with Gasteiger partial charge in [-0.25, -0.2) is 18.7 Å². The number of Topliss-reactive ketones (excluding diaryl/α,β-unsaturated/α-hetero) is 1. The highest BCUT2D eigenvalue weighted by Gasteiger charge is 2.25. The summed E-state index contributed by atoms with van der Waals surface area (Å²) in [5.74, 6) is 0.0819.